The van der Waals surface area contributed by atoms with E-state index < -0.39 is 6.04 Å². The number of aryl methyl sites for hydroxylation is 1. The number of rotatable bonds is 6. The molecule has 0 saturated heterocycles. The van der Waals surface area contributed by atoms with Crippen molar-refractivity contribution in [2.24, 2.45) is 12.0 Å². The molecule has 1 atom stereocenters. The molecule has 0 saturated carbocycles. The molecule has 2 aromatic carbocycles. The highest BCUT2D eigenvalue weighted by Crippen LogP contribution is 2.40. The fourth-order valence-corrected chi connectivity index (χ4v) is 6.49. The van der Waals surface area contributed by atoms with Gasteiger partial charge < -0.3 is 14.2 Å². The number of carbonyl (C=O) groups is 1. The van der Waals surface area contributed by atoms with Gasteiger partial charge in [-0.1, -0.05) is 41.7 Å². The minimum Gasteiger partial charge on any atom is -0.496 e. The van der Waals surface area contributed by atoms with E-state index in [0.717, 1.165) is 33.3 Å². The molecule has 202 valence electrons. The summed E-state index contributed by atoms with van der Waals surface area (Å²) >= 11 is 1.35. The molecule has 7 nitrogen and oxygen atoms in total. The van der Waals surface area contributed by atoms with Crippen molar-refractivity contribution < 1.29 is 9.53 Å². The van der Waals surface area contributed by atoms with Crippen LogP contribution >= 0.6 is 11.3 Å². The van der Waals surface area contributed by atoms with Crippen LogP contribution < -0.4 is 19.6 Å². The first-order valence-corrected chi connectivity index (χ1v) is 14.0. The zero-order valence-electron chi connectivity index (χ0n) is 23.5. The Balaban J connectivity index is 1.87. The molecule has 0 aliphatic carbocycles. The highest BCUT2D eigenvalue weighted by Gasteiger charge is 2.36. The van der Waals surface area contributed by atoms with Crippen LogP contribution in [-0.4, -0.2) is 40.1 Å². The Morgan fingerprint density at radius 1 is 1.13 bits per heavy atom. The molecule has 3 heterocycles. The van der Waals surface area contributed by atoms with Crippen LogP contribution in [-0.2, 0) is 11.8 Å². The second-order valence-electron chi connectivity index (χ2n) is 9.85. The molecule has 8 heteroatoms. The summed E-state index contributed by atoms with van der Waals surface area (Å²) in [7, 11) is 3.64. The normalized spacial score (nSPS) is 15.5. The van der Waals surface area contributed by atoms with Gasteiger partial charge in [0.1, 0.15) is 11.8 Å². The zero-order valence-corrected chi connectivity index (χ0v) is 24.3. The number of aromatic nitrogens is 2. The van der Waals surface area contributed by atoms with Crippen molar-refractivity contribution in [3.63, 3.8) is 0 Å². The van der Waals surface area contributed by atoms with Crippen LogP contribution in [0.2, 0.25) is 0 Å². The van der Waals surface area contributed by atoms with Gasteiger partial charge in [-0.2, -0.15) is 0 Å². The van der Waals surface area contributed by atoms with E-state index in [2.05, 4.69) is 10.6 Å². The Labute approximate surface area is 232 Å². The molecule has 4 aromatic rings. The van der Waals surface area contributed by atoms with Crippen LogP contribution in [0.25, 0.3) is 16.8 Å². The van der Waals surface area contributed by atoms with E-state index in [4.69, 9.17) is 9.73 Å². The minimum atomic E-state index is -0.684. The summed E-state index contributed by atoms with van der Waals surface area (Å²) in [6.07, 6.45) is 1.94. The summed E-state index contributed by atoms with van der Waals surface area (Å²) < 4.78 is 10.3. The lowest BCUT2D eigenvalue weighted by molar-refractivity contribution is -0.127. The molecule has 0 N–H and O–H groups in total. The molecule has 39 heavy (non-hydrogen) atoms. The predicted molar refractivity (Wildman–Crippen MR) is 157 cm³/mol. The van der Waals surface area contributed by atoms with Gasteiger partial charge >= 0.3 is 0 Å². The molecule has 0 fully saturated rings. The second kappa shape index (κ2) is 10.3. The third kappa shape index (κ3) is 4.33. The Bertz CT molecular complexity index is 1820. The number of nitrogens with zero attached hydrogens (tertiary/aromatic N) is 4. The smallest absolute Gasteiger partial charge is 0.271 e. The van der Waals surface area contributed by atoms with Gasteiger partial charge in [0.25, 0.3) is 11.5 Å². The van der Waals surface area contributed by atoms with Crippen molar-refractivity contribution >= 4 is 34.1 Å². The van der Waals surface area contributed by atoms with Crippen LogP contribution in [0.4, 0.5) is 0 Å². The first-order chi connectivity index (χ1) is 18.7. The molecule has 1 aliphatic heterocycles. The Hall–Kier alpha value is -3.91. The fraction of sp³-hybridized carbons (Fsp3) is 0.323. The van der Waals surface area contributed by atoms with Gasteiger partial charge in [0.05, 0.1) is 22.9 Å². The summed E-state index contributed by atoms with van der Waals surface area (Å²) in [6.45, 7) is 11.0. The summed E-state index contributed by atoms with van der Waals surface area (Å²) in [4.78, 5) is 35.4. The van der Waals surface area contributed by atoms with Gasteiger partial charge in [-0.25, -0.2) is 4.99 Å². The van der Waals surface area contributed by atoms with E-state index in [1.54, 1.807) is 16.6 Å². The number of likely N-dealkylation sites (N-methyl/N-ethyl adjacent to an activating group) is 1. The topological polar surface area (TPSA) is 68.8 Å². The number of benzene rings is 2. The number of allylic oxidation sites excluding steroid dienone is 1. The average molecular weight is 543 g/mol. The number of hydrogen-bond acceptors (Lipinski definition) is 5. The molecule has 5 rings (SSSR count). The van der Waals surface area contributed by atoms with Gasteiger partial charge in [0.2, 0.25) is 0 Å². The van der Waals surface area contributed by atoms with E-state index in [1.807, 2.05) is 84.1 Å². The standard InChI is InChI=1S/C31H34N4O3S/c1-8-34(9-2)30(37)26-19(4)32-31-35(29(36)25(39-31)17-22-16-18(3)33(6)20(22)5)28(26)27-23-13-11-10-12-21(23)14-15-24(27)38-7/h10-17,28H,8-9H2,1-7H3/b25-17+/t28-/m1/s1. The summed E-state index contributed by atoms with van der Waals surface area (Å²) in [6, 6.07) is 13.3. The first kappa shape index (κ1) is 26.7. The largest absolute Gasteiger partial charge is 0.496 e. The first-order valence-electron chi connectivity index (χ1n) is 13.2. The quantitative estimate of drug-likeness (QED) is 0.366. The molecule has 1 amide bonds. The third-order valence-corrected chi connectivity index (χ3v) is 8.81. The lowest BCUT2D eigenvalue weighted by Crippen LogP contribution is -2.43. The van der Waals surface area contributed by atoms with Crippen molar-refractivity contribution in [2.45, 2.75) is 40.7 Å². The molecule has 0 bridgehead atoms. The molecule has 0 radical (unpaired) electrons. The predicted octanol–water partition coefficient (Wildman–Crippen LogP) is 4.22. The zero-order chi connectivity index (χ0) is 28.0. The second-order valence-corrected chi connectivity index (χ2v) is 10.9. The summed E-state index contributed by atoms with van der Waals surface area (Å²) in [5.41, 5.74) is 4.93. The number of hydrogen-bond donors (Lipinski definition) is 0. The maximum absolute atomic E-state index is 14.2. The van der Waals surface area contributed by atoms with Crippen LogP contribution in [0.15, 0.2) is 63.5 Å². The lowest BCUT2D eigenvalue weighted by Gasteiger charge is -2.30. The van der Waals surface area contributed by atoms with Crippen LogP contribution in [0.5, 0.6) is 5.75 Å². The number of ether oxygens (including phenoxy) is 1. The van der Waals surface area contributed by atoms with Crippen LogP contribution in [0.1, 0.15) is 49.3 Å². The van der Waals surface area contributed by atoms with E-state index in [0.29, 0.717) is 39.4 Å². The molecular weight excluding hydrogens is 508 g/mol. The number of amides is 1. The van der Waals surface area contributed by atoms with Crippen LogP contribution in [0, 0.1) is 13.8 Å². The van der Waals surface area contributed by atoms with E-state index >= 15 is 0 Å². The Morgan fingerprint density at radius 2 is 1.85 bits per heavy atom. The van der Waals surface area contributed by atoms with Gasteiger partial charge in [-0.15, -0.1) is 0 Å². The van der Waals surface area contributed by atoms with Gasteiger partial charge in [0.15, 0.2) is 4.80 Å². The summed E-state index contributed by atoms with van der Waals surface area (Å²) in [5, 5.41) is 1.95. The lowest BCUT2D eigenvalue weighted by atomic mass is 9.90. The maximum Gasteiger partial charge on any atom is 0.271 e. The molecule has 2 aromatic heterocycles. The molecule has 0 spiro atoms. The molecule has 1 aliphatic rings. The van der Waals surface area contributed by atoms with Crippen LogP contribution in [0.3, 0.4) is 0 Å². The maximum atomic E-state index is 14.2. The van der Waals surface area contributed by atoms with Gasteiger partial charge in [-0.3, -0.25) is 14.2 Å². The van der Waals surface area contributed by atoms with Crippen molar-refractivity contribution in [1.82, 2.24) is 14.0 Å². The van der Waals surface area contributed by atoms with E-state index in [1.165, 1.54) is 11.3 Å². The highest BCUT2D eigenvalue weighted by molar-refractivity contribution is 7.07. The Kier molecular flexibility index (Phi) is 7.07. The van der Waals surface area contributed by atoms with Crippen molar-refractivity contribution in [2.75, 3.05) is 20.2 Å². The fourth-order valence-electron chi connectivity index (χ4n) is 5.46. The number of fused-ring (bicyclic) bond motifs is 2. The number of methoxy groups -OCH3 is 1. The summed E-state index contributed by atoms with van der Waals surface area (Å²) in [5.74, 6) is 0.507. The van der Waals surface area contributed by atoms with E-state index in [9.17, 15) is 9.59 Å². The van der Waals surface area contributed by atoms with Crippen molar-refractivity contribution in [3.8, 4) is 5.75 Å². The van der Waals surface area contributed by atoms with Gasteiger partial charge in [0, 0.05) is 37.1 Å². The number of thiazole rings is 1. The number of carbonyl (C=O) groups excluding carboxylic acids is 1. The van der Waals surface area contributed by atoms with Crippen molar-refractivity contribution in [1.29, 1.82) is 0 Å². The van der Waals surface area contributed by atoms with Crippen molar-refractivity contribution in [3.05, 3.63) is 95.9 Å². The SMILES string of the molecule is CCN(CC)C(=O)C1=C(C)N=c2s/c(=C/c3cc(C)n(C)c3C)c(=O)n2[C@H]1c1c(OC)ccc2ccccc12. The van der Waals surface area contributed by atoms with Gasteiger partial charge in [-0.05, 0) is 69.2 Å². The Morgan fingerprint density at radius 3 is 2.49 bits per heavy atom. The molecular formula is C31H34N4O3S. The monoisotopic (exact) mass is 542 g/mol. The third-order valence-electron chi connectivity index (χ3n) is 7.83. The van der Waals surface area contributed by atoms with E-state index in [-0.39, 0.29) is 11.5 Å². The highest BCUT2D eigenvalue weighted by atomic mass is 32.1. The minimum absolute atomic E-state index is 0.120. The average Bonchev–Trinajstić information content (AvgIpc) is 3.37. The molecule has 0 unspecified atom stereocenters.